The Hall–Kier alpha value is -1.28. The first-order valence-electron chi connectivity index (χ1n) is 6.15. The van der Waals surface area contributed by atoms with Gasteiger partial charge in [-0.15, -0.1) is 0 Å². The Morgan fingerprint density at radius 2 is 2.00 bits per heavy atom. The maximum absolute atomic E-state index is 10.7. The molecule has 0 saturated heterocycles. The summed E-state index contributed by atoms with van der Waals surface area (Å²) in [4.78, 5) is 0. The van der Waals surface area contributed by atoms with E-state index >= 15 is 0 Å². The molecule has 1 heterocycles. The molecule has 1 fully saturated rings. The van der Waals surface area contributed by atoms with Crippen molar-refractivity contribution in [1.29, 1.82) is 0 Å². The molecule has 1 N–H and O–H groups in total. The minimum atomic E-state index is -0.861. The van der Waals surface area contributed by atoms with Crippen LogP contribution in [0.25, 0.3) is 11.0 Å². The van der Waals surface area contributed by atoms with Crippen molar-refractivity contribution < 1.29 is 9.52 Å². The standard InChI is InChI=1S/C15H18O2/c1-10-4-5-12-11(8-10)9-13(17-12)15(3,16)14(2)6-7-14/h4-5,8-9,16H,6-7H2,1-3H3. The summed E-state index contributed by atoms with van der Waals surface area (Å²) >= 11 is 0. The molecule has 3 rings (SSSR count). The van der Waals surface area contributed by atoms with Crippen LogP contribution in [0.3, 0.4) is 0 Å². The van der Waals surface area contributed by atoms with Gasteiger partial charge in [-0.2, -0.15) is 0 Å². The summed E-state index contributed by atoms with van der Waals surface area (Å²) in [7, 11) is 0. The predicted octanol–water partition coefficient (Wildman–Crippen LogP) is 3.75. The molecule has 1 aromatic carbocycles. The summed E-state index contributed by atoms with van der Waals surface area (Å²) in [5.41, 5.74) is 1.19. The summed E-state index contributed by atoms with van der Waals surface area (Å²) in [6.45, 7) is 6.04. The lowest BCUT2D eigenvalue weighted by Gasteiger charge is -2.27. The van der Waals surface area contributed by atoms with E-state index in [-0.39, 0.29) is 5.41 Å². The number of fused-ring (bicyclic) bond motifs is 1. The molecule has 1 aliphatic rings. The molecule has 0 bridgehead atoms. The van der Waals surface area contributed by atoms with E-state index in [0.717, 1.165) is 23.8 Å². The Morgan fingerprint density at radius 1 is 1.29 bits per heavy atom. The van der Waals surface area contributed by atoms with Gasteiger partial charge in [-0.1, -0.05) is 18.6 Å². The van der Waals surface area contributed by atoms with Crippen molar-refractivity contribution in [3.63, 3.8) is 0 Å². The molecule has 1 aromatic heterocycles. The quantitative estimate of drug-likeness (QED) is 0.852. The fourth-order valence-electron chi connectivity index (χ4n) is 2.37. The predicted molar refractivity (Wildman–Crippen MR) is 67.9 cm³/mol. The van der Waals surface area contributed by atoms with Gasteiger partial charge in [-0.25, -0.2) is 0 Å². The van der Waals surface area contributed by atoms with Gasteiger partial charge in [0.05, 0.1) is 0 Å². The highest BCUT2D eigenvalue weighted by Gasteiger charge is 2.54. The molecule has 0 amide bonds. The van der Waals surface area contributed by atoms with E-state index in [1.165, 1.54) is 5.56 Å². The van der Waals surface area contributed by atoms with Crippen molar-refractivity contribution in [2.24, 2.45) is 5.41 Å². The second-order valence-electron chi connectivity index (χ2n) is 5.78. The average Bonchev–Trinajstić information content (AvgIpc) is 2.89. The second-order valence-corrected chi connectivity index (χ2v) is 5.78. The molecule has 0 spiro atoms. The lowest BCUT2D eigenvalue weighted by molar-refractivity contribution is -0.0304. The van der Waals surface area contributed by atoms with Gasteiger partial charge < -0.3 is 9.52 Å². The van der Waals surface area contributed by atoms with E-state index in [2.05, 4.69) is 19.9 Å². The minimum absolute atomic E-state index is 0.0179. The second kappa shape index (κ2) is 3.14. The molecule has 2 aromatic rings. The van der Waals surface area contributed by atoms with Crippen LogP contribution in [0.4, 0.5) is 0 Å². The zero-order valence-electron chi connectivity index (χ0n) is 10.6. The Balaban J connectivity index is 2.12. The van der Waals surface area contributed by atoms with Crippen LogP contribution in [0.15, 0.2) is 28.7 Å². The van der Waals surface area contributed by atoms with Crippen molar-refractivity contribution in [3.8, 4) is 0 Å². The summed E-state index contributed by atoms with van der Waals surface area (Å²) in [5.74, 6) is 0.693. The molecule has 0 radical (unpaired) electrons. The third kappa shape index (κ3) is 1.51. The van der Waals surface area contributed by atoms with E-state index in [1.54, 1.807) is 0 Å². The fraction of sp³-hybridized carbons (Fsp3) is 0.467. The van der Waals surface area contributed by atoms with Gasteiger partial charge in [0.15, 0.2) is 0 Å². The van der Waals surface area contributed by atoms with Crippen molar-refractivity contribution >= 4 is 11.0 Å². The third-order valence-electron chi connectivity index (χ3n) is 4.33. The van der Waals surface area contributed by atoms with Crippen LogP contribution < -0.4 is 0 Å². The van der Waals surface area contributed by atoms with Crippen LogP contribution in [0, 0.1) is 12.3 Å². The molecular formula is C15H18O2. The van der Waals surface area contributed by atoms with Gasteiger partial charge in [0.2, 0.25) is 0 Å². The van der Waals surface area contributed by atoms with Crippen molar-refractivity contribution in [2.75, 3.05) is 0 Å². The van der Waals surface area contributed by atoms with E-state index in [4.69, 9.17) is 4.42 Å². The zero-order valence-corrected chi connectivity index (χ0v) is 10.6. The van der Waals surface area contributed by atoms with Gasteiger partial charge in [-0.3, -0.25) is 0 Å². The topological polar surface area (TPSA) is 33.4 Å². The van der Waals surface area contributed by atoms with E-state index < -0.39 is 5.60 Å². The minimum Gasteiger partial charge on any atom is -0.458 e. The normalized spacial score (nSPS) is 21.4. The highest BCUT2D eigenvalue weighted by molar-refractivity contribution is 5.79. The number of benzene rings is 1. The molecule has 90 valence electrons. The number of rotatable bonds is 2. The van der Waals surface area contributed by atoms with Crippen molar-refractivity contribution in [3.05, 3.63) is 35.6 Å². The Kier molecular flexibility index (Phi) is 2.00. The number of furan rings is 1. The maximum Gasteiger partial charge on any atom is 0.137 e. The first-order chi connectivity index (χ1) is 7.92. The monoisotopic (exact) mass is 230 g/mol. The summed E-state index contributed by atoms with van der Waals surface area (Å²) in [6, 6.07) is 8.07. The van der Waals surface area contributed by atoms with Crippen LogP contribution >= 0.6 is 0 Å². The number of aliphatic hydroxyl groups is 1. The largest absolute Gasteiger partial charge is 0.458 e. The number of hydrogen-bond acceptors (Lipinski definition) is 2. The molecule has 2 heteroatoms. The molecule has 1 saturated carbocycles. The van der Waals surface area contributed by atoms with Gasteiger partial charge in [0.1, 0.15) is 16.9 Å². The summed E-state index contributed by atoms with van der Waals surface area (Å²) in [5, 5.41) is 11.7. The zero-order chi connectivity index (χ0) is 12.3. The average molecular weight is 230 g/mol. The lowest BCUT2D eigenvalue weighted by atomic mass is 9.85. The van der Waals surface area contributed by atoms with Crippen LogP contribution in [0.1, 0.15) is 38.0 Å². The molecule has 0 aliphatic heterocycles. The summed E-state index contributed by atoms with van der Waals surface area (Å²) in [6.07, 6.45) is 2.13. The van der Waals surface area contributed by atoms with Gasteiger partial charge in [0, 0.05) is 10.8 Å². The Bertz CT molecular complexity index is 574. The molecule has 1 aliphatic carbocycles. The van der Waals surface area contributed by atoms with E-state index in [9.17, 15) is 5.11 Å². The smallest absolute Gasteiger partial charge is 0.137 e. The SMILES string of the molecule is Cc1ccc2oc(C(C)(O)C3(C)CC3)cc2c1. The number of aryl methyl sites for hydroxylation is 1. The molecule has 2 nitrogen and oxygen atoms in total. The third-order valence-corrected chi connectivity index (χ3v) is 4.33. The first-order valence-corrected chi connectivity index (χ1v) is 6.15. The van der Waals surface area contributed by atoms with Gasteiger partial charge in [0.25, 0.3) is 0 Å². The molecule has 1 unspecified atom stereocenters. The van der Waals surface area contributed by atoms with E-state index in [1.807, 2.05) is 25.1 Å². The van der Waals surface area contributed by atoms with E-state index in [0.29, 0.717) is 5.76 Å². The van der Waals surface area contributed by atoms with Crippen LogP contribution in [0.5, 0.6) is 0 Å². The first kappa shape index (κ1) is 10.8. The molecular weight excluding hydrogens is 212 g/mol. The van der Waals surface area contributed by atoms with Crippen molar-refractivity contribution in [1.82, 2.24) is 0 Å². The summed E-state index contributed by atoms with van der Waals surface area (Å²) < 4.78 is 5.80. The Morgan fingerprint density at radius 3 is 2.65 bits per heavy atom. The molecule has 17 heavy (non-hydrogen) atoms. The lowest BCUT2D eigenvalue weighted by Crippen LogP contribution is -2.30. The van der Waals surface area contributed by atoms with Crippen LogP contribution in [-0.4, -0.2) is 5.11 Å². The highest BCUT2D eigenvalue weighted by Crippen LogP contribution is 2.58. The van der Waals surface area contributed by atoms with Gasteiger partial charge in [-0.05, 0) is 44.9 Å². The van der Waals surface area contributed by atoms with Crippen LogP contribution in [-0.2, 0) is 5.60 Å². The van der Waals surface area contributed by atoms with Crippen molar-refractivity contribution in [2.45, 2.75) is 39.2 Å². The maximum atomic E-state index is 10.7. The highest BCUT2D eigenvalue weighted by atomic mass is 16.4. The van der Waals surface area contributed by atoms with Crippen LogP contribution in [0.2, 0.25) is 0 Å². The Labute approximate surface area is 101 Å². The van der Waals surface area contributed by atoms with Gasteiger partial charge >= 0.3 is 0 Å². The fourth-order valence-corrected chi connectivity index (χ4v) is 2.37. The number of hydrogen-bond donors (Lipinski definition) is 1. The molecule has 1 atom stereocenters.